The van der Waals surface area contributed by atoms with Crippen molar-refractivity contribution >= 4 is 0 Å². The molecule has 0 saturated carbocycles. The molecule has 1 aliphatic rings. The minimum absolute atomic E-state index is 0.299. The Bertz CT molecular complexity index is 559. The lowest BCUT2D eigenvalue weighted by molar-refractivity contribution is 0.00288. The molecule has 6 nitrogen and oxygen atoms in total. The van der Waals surface area contributed by atoms with Gasteiger partial charge in [-0.15, -0.1) is 0 Å². The Hall–Kier alpha value is -1.76. The summed E-state index contributed by atoms with van der Waals surface area (Å²) in [6, 6.07) is 3.68. The van der Waals surface area contributed by atoms with Gasteiger partial charge in [-0.1, -0.05) is 0 Å². The van der Waals surface area contributed by atoms with Crippen LogP contribution in [0.4, 0.5) is 0 Å². The maximum Gasteiger partial charge on any atom is 0.129 e. The summed E-state index contributed by atoms with van der Waals surface area (Å²) in [5.41, 5.74) is 2.26. The second-order valence-electron chi connectivity index (χ2n) is 5.23. The van der Waals surface area contributed by atoms with Gasteiger partial charge in [0.2, 0.25) is 0 Å². The molecule has 112 valence electrons. The van der Waals surface area contributed by atoms with E-state index in [4.69, 9.17) is 9.15 Å². The highest BCUT2D eigenvalue weighted by Crippen LogP contribution is 2.15. The Kier molecular flexibility index (Phi) is 4.59. The predicted molar refractivity (Wildman–Crippen MR) is 75.4 cm³/mol. The highest BCUT2D eigenvalue weighted by molar-refractivity contribution is 5.18. The van der Waals surface area contributed by atoms with Gasteiger partial charge in [0.15, 0.2) is 0 Å². The maximum atomic E-state index is 10.0. The monoisotopic (exact) mass is 289 g/mol. The van der Waals surface area contributed by atoms with Gasteiger partial charge in [-0.05, 0) is 24.1 Å². The lowest BCUT2D eigenvalue weighted by Crippen LogP contribution is -2.38. The average Bonchev–Trinajstić information content (AvgIpc) is 3.00. The van der Waals surface area contributed by atoms with Crippen molar-refractivity contribution in [1.82, 2.24) is 14.9 Å². The van der Waals surface area contributed by atoms with Crippen LogP contribution in [-0.2, 0) is 24.3 Å². The van der Waals surface area contributed by atoms with Crippen LogP contribution in [0, 0.1) is 0 Å². The number of hydrogen-bond acceptors (Lipinski definition) is 6. The Morgan fingerprint density at radius 2 is 2.43 bits per heavy atom. The molecular weight excluding hydrogens is 270 g/mol. The largest absolute Gasteiger partial charge is 0.467 e. The fourth-order valence-electron chi connectivity index (χ4n) is 2.50. The molecule has 2 aromatic heterocycles. The van der Waals surface area contributed by atoms with Crippen molar-refractivity contribution in [3.05, 3.63) is 47.9 Å². The molecule has 6 heteroatoms. The van der Waals surface area contributed by atoms with Gasteiger partial charge in [0.05, 0.1) is 24.7 Å². The molecule has 3 rings (SSSR count). The Morgan fingerprint density at radius 1 is 1.48 bits per heavy atom. The van der Waals surface area contributed by atoms with E-state index in [1.165, 1.54) is 5.56 Å². The average molecular weight is 289 g/mol. The summed E-state index contributed by atoms with van der Waals surface area (Å²) in [7, 11) is 0. The zero-order valence-corrected chi connectivity index (χ0v) is 11.8. The first-order valence-electron chi connectivity index (χ1n) is 7.09. The van der Waals surface area contributed by atoms with Gasteiger partial charge in [0.1, 0.15) is 18.7 Å². The number of fused-ring (bicyclic) bond motifs is 1. The van der Waals surface area contributed by atoms with Crippen LogP contribution in [0.2, 0.25) is 0 Å². The van der Waals surface area contributed by atoms with Gasteiger partial charge in [-0.2, -0.15) is 0 Å². The normalized spacial score (nSPS) is 16.6. The van der Waals surface area contributed by atoms with Gasteiger partial charge in [0.25, 0.3) is 0 Å². The number of aliphatic hydroxyl groups excluding tert-OH is 1. The van der Waals surface area contributed by atoms with Gasteiger partial charge in [-0.25, -0.2) is 9.97 Å². The van der Waals surface area contributed by atoms with Crippen molar-refractivity contribution in [3.63, 3.8) is 0 Å². The summed E-state index contributed by atoms with van der Waals surface area (Å²) in [6.07, 6.45) is 5.48. The number of aromatic nitrogens is 2. The zero-order chi connectivity index (χ0) is 14.5. The minimum Gasteiger partial charge on any atom is -0.467 e. The summed E-state index contributed by atoms with van der Waals surface area (Å²) in [5, 5.41) is 10.0. The van der Waals surface area contributed by atoms with E-state index in [0.717, 1.165) is 31.0 Å². The number of furan rings is 1. The van der Waals surface area contributed by atoms with E-state index < -0.39 is 6.10 Å². The number of hydrogen-bond donors (Lipinski definition) is 1. The van der Waals surface area contributed by atoms with Crippen LogP contribution in [0.25, 0.3) is 0 Å². The third-order valence-electron chi connectivity index (χ3n) is 3.56. The summed E-state index contributed by atoms with van der Waals surface area (Å²) >= 11 is 0. The smallest absolute Gasteiger partial charge is 0.129 e. The second kappa shape index (κ2) is 6.80. The van der Waals surface area contributed by atoms with E-state index in [1.54, 1.807) is 12.6 Å². The first-order valence-corrected chi connectivity index (χ1v) is 7.09. The highest BCUT2D eigenvalue weighted by Gasteiger charge is 2.19. The van der Waals surface area contributed by atoms with E-state index in [-0.39, 0.29) is 0 Å². The van der Waals surface area contributed by atoms with Crippen molar-refractivity contribution in [2.45, 2.75) is 25.7 Å². The fraction of sp³-hybridized carbons (Fsp3) is 0.467. The first-order chi connectivity index (χ1) is 10.3. The van der Waals surface area contributed by atoms with Crippen LogP contribution >= 0.6 is 0 Å². The molecular formula is C15H19N3O3. The lowest BCUT2D eigenvalue weighted by atomic mass is 10.1. The molecule has 0 spiro atoms. The number of β-amino-alcohol motifs (C(OH)–C–C–N with tert-alkyl or cyclic N) is 1. The minimum atomic E-state index is -0.511. The number of ether oxygens (including phenoxy) is 1. The van der Waals surface area contributed by atoms with Crippen LogP contribution in [0.5, 0.6) is 0 Å². The molecule has 1 N–H and O–H groups in total. The maximum absolute atomic E-state index is 10.0. The van der Waals surface area contributed by atoms with Gasteiger partial charge >= 0.3 is 0 Å². The molecule has 2 aromatic rings. The van der Waals surface area contributed by atoms with E-state index in [0.29, 0.717) is 19.8 Å². The Labute approximate surface area is 123 Å². The van der Waals surface area contributed by atoms with Crippen LogP contribution in [0.1, 0.15) is 17.0 Å². The first kappa shape index (κ1) is 14.2. The highest BCUT2D eigenvalue weighted by atomic mass is 16.5. The van der Waals surface area contributed by atoms with Crippen LogP contribution < -0.4 is 0 Å². The summed E-state index contributed by atoms with van der Waals surface area (Å²) in [4.78, 5) is 10.5. The van der Waals surface area contributed by atoms with E-state index in [9.17, 15) is 5.11 Å². The van der Waals surface area contributed by atoms with Gasteiger partial charge < -0.3 is 14.3 Å². The standard InChI is InChI=1S/C15H19N3O3/c19-13(9-20-10-14-2-1-5-21-14)7-18-4-3-12-6-16-11-17-15(12)8-18/h1-2,5-6,11,13,19H,3-4,7-10H2. The van der Waals surface area contributed by atoms with E-state index in [2.05, 4.69) is 14.9 Å². The van der Waals surface area contributed by atoms with Crippen LogP contribution in [0.15, 0.2) is 35.3 Å². The molecule has 1 atom stereocenters. The van der Waals surface area contributed by atoms with E-state index in [1.807, 2.05) is 18.3 Å². The summed E-state index contributed by atoms with van der Waals surface area (Å²) in [5.74, 6) is 0.769. The predicted octanol–water partition coefficient (Wildman–Crippen LogP) is 1.01. The molecule has 0 fully saturated rings. The molecule has 1 unspecified atom stereocenters. The third kappa shape index (κ3) is 3.87. The van der Waals surface area contributed by atoms with Crippen molar-refractivity contribution in [1.29, 1.82) is 0 Å². The van der Waals surface area contributed by atoms with Crippen molar-refractivity contribution < 1.29 is 14.3 Å². The Balaban J connectivity index is 1.42. The molecule has 0 aromatic carbocycles. The van der Waals surface area contributed by atoms with Crippen LogP contribution in [0.3, 0.4) is 0 Å². The third-order valence-corrected chi connectivity index (χ3v) is 3.56. The van der Waals surface area contributed by atoms with Crippen LogP contribution in [-0.4, -0.2) is 45.8 Å². The molecule has 3 heterocycles. The Morgan fingerprint density at radius 3 is 3.29 bits per heavy atom. The molecule has 0 amide bonds. The van der Waals surface area contributed by atoms with Gasteiger partial charge in [0, 0.05) is 25.8 Å². The molecule has 0 aliphatic carbocycles. The quantitative estimate of drug-likeness (QED) is 0.855. The molecule has 1 aliphatic heterocycles. The molecule has 0 bridgehead atoms. The molecule has 0 saturated heterocycles. The van der Waals surface area contributed by atoms with Crippen molar-refractivity contribution in [3.8, 4) is 0 Å². The molecule has 21 heavy (non-hydrogen) atoms. The topological polar surface area (TPSA) is 71.6 Å². The number of aliphatic hydroxyl groups is 1. The second-order valence-corrected chi connectivity index (χ2v) is 5.23. The fourth-order valence-corrected chi connectivity index (χ4v) is 2.50. The zero-order valence-electron chi connectivity index (χ0n) is 11.8. The summed E-state index contributed by atoms with van der Waals surface area (Å²) in [6.45, 7) is 2.94. The number of rotatable bonds is 6. The molecule has 0 radical (unpaired) electrons. The van der Waals surface area contributed by atoms with Crippen molar-refractivity contribution in [2.24, 2.45) is 0 Å². The lowest BCUT2D eigenvalue weighted by Gasteiger charge is -2.29. The summed E-state index contributed by atoms with van der Waals surface area (Å²) < 4.78 is 10.6. The van der Waals surface area contributed by atoms with Crippen molar-refractivity contribution in [2.75, 3.05) is 19.7 Å². The van der Waals surface area contributed by atoms with E-state index >= 15 is 0 Å². The van der Waals surface area contributed by atoms with Gasteiger partial charge in [-0.3, -0.25) is 4.90 Å². The number of nitrogens with zero attached hydrogens (tertiary/aromatic N) is 3. The SMILES string of the molecule is OC(COCc1ccco1)CN1CCc2cncnc2C1.